The van der Waals surface area contributed by atoms with E-state index in [9.17, 15) is 14.9 Å². The summed E-state index contributed by atoms with van der Waals surface area (Å²) in [5.74, 6) is 1.11. The van der Waals surface area contributed by atoms with Crippen molar-refractivity contribution in [1.82, 2.24) is 19.4 Å². The van der Waals surface area contributed by atoms with E-state index >= 15 is 0 Å². The molecule has 2 aliphatic rings. The smallest absolute Gasteiger partial charge is 0.292 e. The minimum Gasteiger partial charge on any atom is -0.327 e. The van der Waals surface area contributed by atoms with E-state index in [1.807, 2.05) is 39.6 Å². The molecule has 0 atom stereocenters. The highest BCUT2D eigenvalue weighted by atomic mass is 16.6. The van der Waals surface area contributed by atoms with Crippen LogP contribution in [0.5, 0.6) is 0 Å². The van der Waals surface area contributed by atoms with Crippen molar-refractivity contribution in [1.29, 1.82) is 0 Å². The van der Waals surface area contributed by atoms with Gasteiger partial charge in [-0.15, -0.1) is 0 Å². The molecular formula is C28H42N6O3. The molecule has 1 saturated heterocycles. The Hall–Kier alpha value is -3.30. The molecule has 0 N–H and O–H groups in total. The van der Waals surface area contributed by atoms with Crippen LogP contribution in [0.15, 0.2) is 48.5 Å². The summed E-state index contributed by atoms with van der Waals surface area (Å²) >= 11 is 0. The Labute approximate surface area is 220 Å². The predicted molar refractivity (Wildman–Crippen MR) is 151 cm³/mol. The fraction of sp³-hybridized carbons (Fsp3) is 0.500. The molecule has 2 aliphatic heterocycles. The number of imidazole rings is 1. The molecule has 37 heavy (non-hydrogen) atoms. The van der Waals surface area contributed by atoms with E-state index in [1.54, 1.807) is 18.2 Å². The number of nitrogens with zero attached hydrogens (tertiary/aromatic N) is 6. The van der Waals surface area contributed by atoms with E-state index in [1.165, 1.54) is 28.7 Å². The molecule has 1 amide bonds. The van der Waals surface area contributed by atoms with Gasteiger partial charge in [0.25, 0.3) is 5.69 Å². The fourth-order valence-electron chi connectivity index (χ4n) is 4.44. The Bertz CT molecular complexity index is 1150. The van der Waals surface area contributed by atoms with Gasteiger partial charge >= 0.3 is 0 Å². The highest BCUT2D eigenvalue weighted by Crippen LogP contribution is 2.28. The summed E-state index contributed by atoms with van der Waals surface area (Å²) < 4.78 is 2.36. The quantitative estimate of drug-likeness (QED) is 0.348. The Morgan fingerprint density at radius 3 is 2.11 bits per heavy atom. The highest BCUT2D eigenvalue weighted by molar-refractivity contribution is 5.97. The molecule has 0 bridgehead atoms. The molecule has 1 aromatic heterocycles. The van der Waals surface area contributed by atoms with Crippen LogP contribution in [0.4, 0.5) is 11.4 Å². The minimum atomic E-state index is -0.447. The van der Waals surface area contributed by atoms with Gasteiger partial charge in [0, 0.05) is 32.2 Å². The number of anilines is 1. The summed E-state index contributed by atoms with van der Waals surface area (Å²) in [6, 6.07) is 14.8. The van der Waals surface area contributed by atoms with Gasteiger partial charge in [0.05, 0.1) is 29.0 Å². The first-order chi connectivity index (χ1) is 17.9. The summed E-state index contributed by atoms with van der Waals surface area (Å²) in [7, 11) is 4.04. The summed E-state index contributed by atoms with van der Waals surface area (Å²) in [6.45, 7) is 12.9. The van der Waals surface area contributed by atoms with Gasteiger partial charge in [0.2, 0.25) is 5.91 Å². The maximum absolute atomic E-state index is 12.1. The van der Waals surface area contributed by atoms with E-state index in [2.05, 4.69) is 45.8 Å². The molecule has 0 saturated carbocycles. The van der Waals surface area contributed by atoms with Gasteiger partial charge < -0.3 is 9.47 Å². The lowest BCUT2D eigenvalue weighted by Crippen LogP contribution is -2.35. The zero-order valence-electron chi connectivity index (χ0n) is 23.2. The van der Waals surface area contributed by atoms with Crippen LogP contribution in [0, 0.1) is 10.1 Å². The number of likely N-dealkylation sites (N-methyl/N-ethyl adjacent to an activating group) is 1. The molecule has 0 unspecified atom stereocenters. The zero-order valence-corrected chi connectivity index (χ0v) is 23.2. The molecule has 202 valence electrons. The Balaban J connectivity index is 0.000000232. The van der Waals surface area contributed by atoms with Crippen molar-refractivity contribution in [2.45, 2.75) is 53.6 Å². The molecular weight excluding hydrogens is 468 g/mol. The third-order valence-corrected chi connectivity index (χ3v) is 6.06. The number of para-hydroxylation sites is 4. The normalized spacial score (nSPS) is 16.1. The van der Waals surface area contributed by atoms with E-state index in [0.29, 0.717) is 18.8 Å². The van der Waals surface area contributed by atoms with Gasteiger partial charge in [-0.1, -0.05) is 52.0 Å². The number of amides is 1. The lowest BCUT2D eigenvalue weighted by molar-refractivity contribution is -0.384. The molecule has 5 rings (SSSR count). The van der Waals surface area contributed by atoms with Gasteiger partial charge in [-0.05, 0) is 45.1 Å². The van der Waals surface area contributed by atoms with Crippen LogP contribution in [-0.2, 0) is 17.9 Å². The van der Waals surface area contributed by atoms with Crippen LogP contribution in [0.2, 0.25) is 0 Å². The summed E-state index contributed by atoms with van der Waals surface area (Å²) in [5, 5.41) is 11.0. The standard InChI is InChI=1S/C12H15N3O3.C12H15N3.2C2H6/c1-13-7-4-8-14(12(16)9-13)10-5-2-3-6-11(10)15(17)18;1-14-7-4-8-15-11-6-3-2-5-10(11)13-12(15)9-14;2*1-2/h2-3,5-6H,4,7-9H2,1H3;2-3,5-6H,4,7-9H2,1H3;2*1-2H3. The second-order valence-corrected chi connectivity index (χ2v) is 8.64. The number of benzene rings is 2. The molecule has 9 nitrogen and oxygen atoms in total. The van der Waals surface area contributed by atoms with Crippen molar-refractivity contribution in [3.63, 3.8) is 0 Å². The second-order valence-electron chi connectivity index (χ2n) is 8.64. The first kappa shape index (κ1) is 29.9. The topological polar surface area (TPSA) is 87.7 Å². The minimum absolute atomic E-state index is 0.0181. The Morgan fingerprint density at radius 2 is 1.41 bits per heavy atom. The third-order valence-electron chi connectivity index (χ3n) is 6.06. The number of fused-ring (bicyclic) bond motifs is 3. The molecule has 0 radical (unpaired) electrons. The van der Waals surface area contributed by atoms with Crippen LogP contribution >= 0.6 is 0 Å². The number of carbonyl (C=O) groups is 1. The Morgan fingerprint density at radius 1 is 0.811 bits per heavy atom. The van der Waals surface area contributed by atoms with Crippen molar-refractivity contribution in [2.24, 2.45) is 0 Å². The van der Waals surface area contributed by atoms with Crippen LogP contribution in [0.1, 0.15) is 46.4 Å². The van der Waals surface area contributed by atoms with Crippen LogP contribution in [0.25, 0.3) is 11.0 Å². The Kier molecular flexibility index (Phi) is 12.2. The number of rotatable bonds is 2. The average molecular weight is 511 g/mol. The summed E-state index contributed by atoms with van der Waals surface area (Å²) in [6.07, 6.45) is 2.03. The number of aryl methyl sites for hydroxylation is 1. The SMILES string of the molecule is CC.CC.CN1CCCN(c2ccccc2[N+](=O)[O-])C(=O)C1.CN1CCCn2c(nc3ccccc32)C1. The third kappa shape index (κ3) is 7.84. The molecule has 9 heteroatoms. The zero-order chi connectivity index (χ0) is 27.4. The number of aromatic nitrogens is 2. The van der Waals surface area contributed by atoms with Crippen molar-refractivity contribution in [3.05, 3.63) is 64.5 Å². The number of nitro benzene ring substituents is 1. The monoisotopic (exact) mass is 510 g/mol. The largest absolute Gasteiger partial charge is 0.327 e. The molecule has 1 fully saturated rings. The number of carbonyl (C=O) groups excluding carboxylic acids is 1. The van der Waals surface area contributed by atoms with Crippen LogP contribution in [-0.4, -0.2) is 70.5 Å². The number of hydrogen-bond donors (Lipinski definition) is 0. The molecule has 3 heterocycles. The van der Waals surface area contributed by atoms with E-state index in [0.717, 1.165) is 38.1 Å². The summed E-state index contributed by atoms with van der Waals surface area (Å²) in [5.41, 5.74) is 2.78. The van der Waals surface area contributed by atoms with E-state index in [-0.39, 0.29) is 11.6 Å². The first-order valence-corrected chi connectivity index (χ1v) is 13.3. The van der Waals surface area contributed by atoms with Crippen molar-refractivity contribution in [3.8, 4) is 0 Å². The molecule has 0 aliphatic carbocycles. The van der Waals surface area contributed by atoms with Gasteiger partial charge in [-0.25, -0.2) is 4.98 Å². The first-order valence-electron chi connectivity index (χ1n) is 13.3. The molecule has 2 aromatic carbocycles. The predicted octanol–water partition coefficient (Wildman–Crippen LogP) is 5.19. The number of hydrogen-bond acceptors (Lipinski definition) is 6. The van der Waals surface area contributed by atoms with Crippen molar-refractivity contribution >= 4 is 28.3 Å². The molecule has 3 aromatic rings. The van der Waals surface area contributed by atoms with E-state index in [4.69, 9.17) is 0 Å². The maximum atomic E-state index is 12.1. The van der Waals surface area contributed by atoms with Gasteiger partial charge in [-0.2, -0.15) is 0 Å². The van der Waals surface area contributed by atoms with Gasteiger partial charge in [0.1, 0.15) is 11.5 Å². The number of nitro groups is 1. The van der Waals surface area contributed by atoms with Gasteiger partial charge in [-0.3, -0.25) is 24.7 Å². The highest BCUT2D eigenvalue weighted by Gasteiger charge is 2.26. The summed E-state index contributed by atoms with van der Waals surface area (Å²) in [4.78, 5) is 33.1. The van der Waals surface area contributed by atoms with Gasteiger partial charge in [0.15, 0.2) is 0 Å². The second kappa shape index (κ2) is 15.1. The van der Waals surface area contributed by atoms with E-state index < -0.39 is 4.92 Å². The average Bonchev–Trinajstić information content (AvgIpc) is 3.01. The van der Waals surface area contributed by atoms with Crippen LogP contribution < -0.4 is 4.90 Å². The fourth-order valence-corrected chi connectivity index (χ4v) is 4.44. The lowest BCUT2D eigenvalue weighted by atomic mass is 10.2. The maximum Gasteiger partial charge on any atom is 0.292 e. The lowest BCUT2D eigenvalue weighted by Gasteiger charge is -2.20. The van der Waals surface area contributed by atoms with Crippen molar-refractivity contribution < 1.29 is 9.72 Å². The van der Waals surface area contributed by atoms with Crippen LogP contribution in [0.3, 0.4) is 0 Å². The molecule has 0 spiro atoms. The van der Waals surface area contributed by atoms with Crippen molar-refractivity contribution in [2.75, 3.05) is 45.2 Å².